The number of amides is 1. The molecule has 0 saturated carbocycles. The summed E-state index contributed by atoms with van der Waals surface area (Å²) in [6.45, 7) is 14.5. The van der Waals surface area contributed by atoms with Gasteiger partial charge in [0.1, 0.15) is 6.23 Å². The van der Waals surface area contributed by atoms with Crippen molar-refractivity contribution < 1.29 is 14.0 Å². The Balaban J connectivity index is 2.78. The molecule has 0 aromatic carbocycles. The van der Waals surface area contributed by atoms with Crippen LogP contribution in [0.3, 0.4) is 0 Å². The number of hydrogen-bond acceptors (Lipinski definition) is 3. The number of β-lactam (4-membered cyclic amide) rings is 1. The Morgan fingerprint density at radius 3 is 2.25 bits per heavy atom. The third kappa shape index (κ3) is 3.46. The minimum atomic E-state index is -1.93. The number of thiol groups is 1. The summed E-state index contributed by atoms with van der Waals surface area (Å²) < 4.78 is 6.24. The zero-order valence-corrected chi connectivity index (χ0v) is 15.5. The highest BCUT2D eigenvalue weighted by molar-refractivity contribution is 7.96. The maximum absolute atomic E-state index is 11.9. The second-order valence-electron chi connectivity index (χ2n) is 7.18. The molecule has 1 saturated heterocycles. The van der Waals surface area contributed by atoms with Gasteiger partial charge in [0.2, 0.25) is 5.91 Å². The molecule has 0 aromatic rings. The summed E-state index contributed by atoms with van der Waals surface area (Å²) in [5.41, 5.74) is 0. The monoisotopic (exact) mass is 317 g/mol. The summed E-state index contributed by atoms with van der Waals surface area (Å²) in [4.78, 5) is 25.0. The number of hydrogen-bond donors (Lipinski definition) is 1. The number of likely N-dealkylation sites (tertiary alicyclic amines) is 1. The van der Waals surface area contributed by atoms with Crippen molar-refractivity contribution in [2.45, 2.75) is 71.4 Å². The van der Waals surface area contributed by atoms with Crippen LogP contribution in [0, 0.1) is 5.92 Å². The van der Waals surface area contributed by atoms with Crippen molar-refractivity contribution in [2.24, 2.45) is 5.92 Å². The molecule has 1 rings (SSSR count). The van der Waals surface area contributed by atoms with Gasteiger partial charge in [-0.1, -0.05) is 27.7 Å². The van der Waals surface area contributed by atoms with Crippen LogP contribution in [0.2, 0.25) is 18.1 Å². The first-order valence-electron chi connectivity index (χ1n) is 7.10. The molecule has 0 N–H and O–H groups in total. The topological polar surface area (TPSA) is 46.6 Å². The van der Waals surface area contributed by atoms with Gasteiger partial charge in [-0.3, -0.25) is 9.59 Å². The average molecular weight is 318 g/mol. The van der Waals surface area contributed by atoms with Gasteiger partial charge in [-0.05, 0) is 25.1 Å². The quantitative estimate of drug-likeness (QED) is 0.481. The van der Waals surface area contributed by atoms with Gasteiger partial charge >= 0.3 is 0 Å². The number of carbonyl (C=O) groups excluding carboxylic acids is 2. The van der Waals surface area contributed by atoms with Gasteiger partial charge in [0, 0.05) is 12.3 Å². The summed E-state index contributed by atoms with van der Waals surface area (Å²) >= 11 is 3.88. The van der Waals surface area contributed by atoms with Crippen LogP contribution in [0.15, 0.2) is 0 Å². The molecule has 20 heavy (non-hydrogen) atoms. The van der Waals surface area contributed by atoms with E-state index in [4.69, 9.17) is 4.43 Å². The Bertz CT molecular complexity index is 406. The standard InChI is InChI=1S/C14H27NO3SSi/c1-9(13(17)19)11-8-12(16)15(11)10(2)18-20(6,7)14(3,4)5/h9-11H,8H2,1-7H3,(H,17,19). The van der Waals surface area contributed by atoms with Gasteiger partial charge in [-0.15, -0.1) is 12.6 Å². The fraction of sp³-hybridized carbons (Fsp3) is 0.857. The number of rotatable bonds is 5. The molecule has 1 heterocycles. The lowest BCUT2D eigenvalue weighted by molar-refractivity contribution is -0.163. The smallest absolute Gasteiger partial charge is 0.226 e. The van der Waals surface area contributed by atoms with Gasteiger partial charge < -0.3 is 9.33 Å². The molecule has 0 bridgehead atoms. The van der Waals surface area contributed by atoms with E-state index < -0.39 is 8.32 Å². The van der Waals surface area contributed by atoms with Gasteiger partial charge in [0.15, 0.2) is 13.4 Å². The fourth-order valence-electron chi connectivity index (χ4n) is 2.17. The zero-order chi connectivity index (χ0) is 15.9. The van der Waals surface area contributed by atoms with E-state index in [9.17, 15) is 9.59 Å². The van der Waals surface area contributed by atoms with E-state index in [1.807, 2.05) is 13.8 Å². The van der Waals surface area contributed by atoms with E-state index in [0.717, 1.165) is 0 Å². The van der Waals surface area contributed by atoms with Crippen LogP contribution < -0.4 is 0 Å². The summed E-state index contributed by atoms with van der Waals surface area (Å²) in [7, 11) is -1.93. The molecule has 4 nitrogen and oxygen atoms in total. The molecule has 0 radical (unpaired) electrons. The molecule has 3 atom stereocenters. The van der Waals surface area contributed by atoms with Crippen LogP contribution in [0.1, 0.15) is 41.0 Å². The molecule has 0 aliphatic carbocycles. The second kappa shape index (κ2) is 5.81. The molecule has 1 fully saturated rings. The lowest BCUT2D eigenvalue weighted by Gasteiger charge is -2.49. The van der Waals surface area contributed by atoms with E-state index in [1.54, 1.807) is 4.90 Å². The first kappa shape index (κ1) is 17.7. The van der Waals surface area contributed by atoms with E-state index in [0.29, 0.717) is 6.42 Å². The first-order chi connectivity index (χ1) is 8.88. The van der Waals surface area contributed by atoms with E-state index in [1.165, 1.54) is 0 Å². The molecular weight excluding hydrogens is 290 g/mol. The summed E-state index contributed by atoms with van der Waals surface area (Å²) in [5.74, 6) is -0.191. The Morgan fingerprint density at radius 2 is 1.90 bits per heavy atom. The molecule has 0 aromatic heterocycles. The van der Waals surface area contributed by atoms with E-state index >= 15 is 0 Å². The third-order valence-corrected chi connectivity index (χ3v) is 9.61. The first-order valence-corrected chi connectivity index (χ1v) is 10.5. The normalized spacial score (nSPS) is 23.3. The van der Waals surface area contributed by atoms with Crippen LogP contribution in [0.5, 0.6) is 0 Å². The highest BCUT2D eigenvalue weighted by Crippen LogP contribution is 2.39. The molecule has 1 aliphatic rings. The largest absolute Gasteiger partial charge is 0.397 e. The molecule has 3 unspecified atom stereocenters. The SMILES string of the molecule is CC(C(=O)S)C1CC(=O)N1C(C)O[Si](C)(C)C(C)(C)C. The Morgan fingerprint density at radius 1 is 1.40 bits per heavy atom. The van der Waals surface area contributed by atoms with Crippen molar-refractivity contribution in [2.75, 3.05) is 0 Å². The number of nitrogens with zero attached hydrogens (tertiary/aromatic N) is 1. The predicted molar refractivity (Wildman–Crippen MR) is 86.2 cm³/mol. The van der Waals surface area contributed by atoms with Crippen LogP contribution in [0.25, 0.3) is 0 Å². The fourth-order valence-corrected chi connectivity index (χ4v) is 3.66. The molecule has 0 spiro atoms. The highest BCUT2D eigenvalue weighted by Gasteiger charge is 2.47. The molecule has 116 valence electrons. The Labute approximate surface area is 128 Å². The van der Waals surface area contributed by atoms with E-state index in [-0.39, 0.29) is 34.2 Å². The minimum Gasteiger partial charge on any atom is -0.397 e. The van der Waals surface area contributed by atoms with Gasteiger partial charge in [-0.25, -0.2) is 0 Å². The highest BCUT2D eigenvalue weighted by atomic mass is 32.1. The van der Waals surface area contributed by atoms with Crippen molar-refractivity contribution in [1.82, 2.24) is 4.90 Å². The van der Waals surface area contributed by atoms with E-state index in [2.05, 4.69) is 46.5 Å². The molecule has 1 amide bonds. The molecular formula is C14H27NO3SSi. The summed E-state index contributed by atoms with van der Waals surface area (Å²) in [6.07, 6.45) is 0.135. The average Bonchev–Trinajstić information content (AvgIpc) is 2.21. The summed E-state index contributed by atoms with van der Waals surface area (Å²) in [6, 6.07) is -0.0766. The minimum absolute atomic E-state index is 0.0580. The van der Waals surface area contributed by atoms with Gasteiger partial charge in [0.25, 0.3) is 0 Å². The van der Waals surface area contributed by atoms with Crippen LogP contribution >= 0.6 is 12.6 Å². The summed E-state index contributed by atoms with van der Waals surface area (Å²) in [5, 5.41) is -0.0811. The van der Waals surface area contributed by atoms with Crippen molar-refractivity contribution >= 4 is 32.0 Å². The maximum Gasteiger partial charge on any atom is 0.226 e. The maximum atomic E-state index is 11.9. The Hall–Kier alpha value is -0.333. The zero-order valence-electron chi connectivity index (χ0n) is 13.6. The second-order valence-corrected chi connectivity index (χ2v) is 12.4. The molecule has 1 aliphatic heterocycles. The van der Waals surface area contributed by atoms with Crippen molar-refractivity contribution in [3.8, 4) is 0 Å². The Kier molecular flexibility index (Phi) is 5.15. The van der Waals surface area contributed by atoms with Crippen LogP contribution in [0.4, 0.5) is 0 Å². The molecule has 6 heteroatoms. The lowest BCUT2D eigenvalue weighted by Crippen LogP contribution is -2.62. The van der Waals surface area contributed by atoms with Crippen molar-refractivity contribution in [3.63, 3.8) is 0 Å². The predicted octanol–water partition coefficient (Wildman–Crippen LogP) is 3.05. The lowest BCUT2D eigenvalue weighted by atomic mass is 9.90. The number of carbonyl (C=O) groups is 2. The van der Waals surface area contributed by atoms with Crippen molar-refractivity contribution in [3.05, 3.63) is 0 Å². The van der Waals surface area contributed by atoms with Crippen molar-refractivity contribution in [1.29, 1.82) is 0 Å². The third-order valence-electron chi connectivity index (χ3n) is 4.66. The van der Waals surface area contributed by atoms with Crippen LogP contribution in [-0.4, -0.2) is 36.5 Å². The van der Waals surface area contributed by atoms with Gasteiger partial charge in [-0.2, -0.15) is 0 Å². The van der Waals surface area contributed by atoms with Crippen LogP contribution in [-0.2, 0) is 14.0 Å². The van der Waals surface area contributed by atoms with Gasteiger partial charge in [0.05, 0.1) is 6.04 Å².